The minimum Gasteiger partial charge on any atom is -0.481 e. The highest BCUT2D eigenvalue weighted by atomic mass is 35.5. The summed E-state index contributed by atoms with van der Waals surface area (Å²) in [6.45, 7) is 0.784. The first-order valence-electron chi connectivity index (χ1n) is 13.3. The van der Waals surface area contributed by atoms with Crippen LogP contribution in [0, 0.1) is 17.0 Å². The second kappa shape index (κ2) is 12.0. The van der Waals surface area contributed by atoms with E-state index < -0.39 is 77.3 Å². The molecule has 2 fully saturated rings. The van der Waals surface area contributed by atoms with Crippen LogP contribution in [0.1, 0.15) is 30.5 Å². The molecule has 0 unspecified atom stereocenters. The number of alkyl halides is 2. The van der Waals surface area contributed by atoms with E-state index in [4.69, 9.17) is 21.2 Å². The topological polar surface area (TPSA) is 137 Å². The minimum atomic E-state index is -3.37. The maximum Gasteiger partial charge on any atom is 0.338 e. The summed E-state index contributed by atoms with van der Waals surface area (Å²) < 4.78 is 64.6. The number of esters is 1. The van der Waals surface area contributed by atoms with Gasteiger partial charge in [0.2, 0.25) is 0 Å². The lowest BCUT2D eigenvalue weighted by Gasteiger charge is -2.32. The maximum atomic E-state index is 15.5. The number of hydrogen-bond acceptors (Lipinski definition) is 11. The van der Waals surface area contributed by atoms with Crippen molar-refractivity contribution < 1.29 is 46.9 Å². The first kappa shape index (κ1) is 32.2. The van der Waals surface area contributed by atoms with Crippen LogP contribution in [0.15, 0.2) is 40.0 Å². The van der Waals surface area contributed by atoms with E-state index in [9.17, 15) is 28.6 Å². The summed E-state index contributed by atoms with van der Waals surface area (Å²) in [5, 5.41) is 25.3. The molecule has 5 rings (SSSR count). The van der Waals surface area contributed by atoms with Crippen molar-refractivity contribution in [2.75, 3.05) is 33.4 Å². The number of carboxylic acid groups (broad SMARTS) is 1. The number of aliphatic hydroxyl groups excluding tert-OH is 1. The van der Waals surface area contributed by atoms with Gasteiger partial charge in [-0.05, 0) is 19.9 Å². The molecule has 1 aromatic carbocycles. The van der Waals surface area contributed by atoms with Crippen molar-refractivity contribution in [3.63, 3.8) is 0 Å². The number of carbonyl (C=O) groups excluding carboxylic acids is 1. The summed E-state index contributed by atoms with van der Waals surface area (Å²) in [6, 6.07) is -1.79. The van der Waals surface area contributed by atoms with Gasteiger partial charge < -0.3 is 20.3 Å². The Kier molecular flexibility index (Phi) is 8.78. The Hall–Kier alpha value is -3.15. The number of aliphatic carboxylic acids is 1. The Bertz CT molecular complexity index is 1520. The quantitative estimate of drug-likeness (QED) is 0.209. The second-order valence-electron chi connectivity index (χ2n) is 11.1. The summed E-state index contributed by atoms with van der Waals surface area (Å²) in [5.74, 6) is -8.01. The minimum absolute atomic E-state index is 0.0611. The number of carbonyl (C=O) groups is 2. The number of likely N-dealkylation sites (tertiary alicyclic amines) is 1. The number of ether oxygens (including phenoxy) is 1. The third kappa shape index (κ3) is 5.70. The Morgan fingerprint density at radius 3 is 2.70 bits per heavy atom. The number of thiazole rings is 1. The lowest BCUT2D eigenvalue weighted by molar-refractivity contribution is -0.202. The van der Waals surface area contributed by atoms with Crippen LogP contribution in [0.5, 0.6) is 0 Å². The van der Waals surface area contributed by atoms with Gasteiger partial charge in [0.1, 0.15) is 12.1 Å². The molecule has 0 aliphatic carbocycles. The molecule has 0 amide bonds. The Morgan fingerprint density at radius 2 is 2.07 bits per heavy atom. The van der Waals surface area contributed by atoms with Gasteiger partial charge in [-0.2, -0.15) is 5.06 Å². The molecule has 4 atom stereocenters. The van der Waals surface area contributed by atoms with Crippen LogP contribution >= 0.6 is 22.9 Å². The number of carboxylic acids is 1. The molecule has 0 radical (unpaired) electrons. The lowest BCUT2D eigenvalue weighted by Crippen LogP contribution is -2.51. The van der Waals surface area contributed by atoms with Gasteiger partial charge in [0.15, 0.2) is 22.5 Å². The molecule has 2 saturated heterocycles. The Labute approximate surface area is 257 Å². The molecule has 0 bridgehead atoms. The van der Waals surface area contributed by atoms with Crippen LogP contribution in [-0.2, 0) is 19.2 Å². The number of halogens is 5. The predicted molar refractivity (Wildman–Crippen MR) is 149 cm³/mol. The number of β-amino-alcohol motifs (C(OH)–C–C–N with tert-alkyl or cyclic N) is 1. The molecule has 44 heavy (non-hydrogen) atoms. The normalized spacial score (nSPS) is 24.6. The summed E-state index contributed by atoms with van der Waals surface area (Å²) >= 11 is 7.36. The van der Waals surface area contributed by atoms with E-state index in [1.54, 1.807) is 5.38 Å². The molecule has 11 nitrogen and oxygen atoms in total. The largest absolute Gasteiger partial charge is 0.481 e. The number of hydrogen-bond donors (Lipinski definition) is 3. The van der Waals surface area contributed by atoms with Gasteiger partial charge in [0.25, 0.3) is 5.92 Å². The third-order valence-electron chi connectivity index (χ3n) is 8.03. The van der Waals surface area contributed by atoms with Crippen LogP contribution in [-0.4, -0.2) is 100 Å². The SMILES string of the molecule is COC(=O)C1=C(CN2CC(F)(F)[C@@H]3[C@H]2CON3C[C@H](O)C(C)(C)C(=O)O)NC(c2nccs2)=N[C@H]1c1ccc(F)c(F)c1Cl. The average Bonchev–Trinajstić information content (AvgIpc) is 3.70. The zero-order valence-corrected chi connectivity index (χ0v) is 25.1. The van der Waals surface area contributed by atoms with Crippen LogP contribution in [0.3, 0.4) is 0 Å². The molecule has 3 aliphatic rings. The van der Waals surface area contributed by atoms with Crippen molar-refractivity contribution in [2.24, 2.45) is 10.4 Å². The fourth-order valence-corrected chi connectivity index (χ4v) is 6.24. The van der Waals surface area contributed by atoms with E-state index in [1.165, 1.54) is 42.3 Å². The van der Waals surface area contributed by atoms with E-state index in [1.807, 2.05) is 0 Å². The Morgan fingerprint density at radius 1 is 1.34 bits per heavy atom. The number of nitrogens with one attached hydrogen (secondary N) is 1. The van der Waals surface area contributed by atoms with E-state index in [-0.39, 0.29) is 35.8 Å². The molecule has 2 aromatic rings. The molecular formula is C27H28ClF4N5O6S. The van der Waals surface area contributed by atoms with Crippen LogP contribution in [0.4, 0.5) is 17.6 Å². The number of aromatic nitrogens is 1. The third-order valence-corrected chi connectivity index (χ3v) is 9.19. The van der Waals surface area contributed by atoms with E-state index in [0.717, 1.165) is 18.2 Å². The molecular weight excluding hydrogens is 634 g/mol. The number of aliphatic imine (C=N–C) groups is 1. The summed E-state index contributed by atoms with van der Waals surface area (Å²) in [4.78, 5) is 40.4. The second-order valence-corrected chi connectivity index (χ2v) is 12.4. The summed E-state index contributed by atoms with van der Waals surface area (Å²) in [5.41, 5.74) is -1.77. The molecule has 0 saturated carbocycles. The van der Waals surface area contributed by atoms with Crippen molar-refractivity contribution in [1.29, 1.82) is 0 Å². The zero-order chi connectivity index (χ0) is 32.1. The molecule has 17 heteroatoms. The first-order chi connectivity index (χ1) is 20.7. The van der Waals surface area contributed by atoms with Crippen molar-refractivity contribution in [2.45, 2.75) is 44.0 Å². The lowest BCUT2D eigenvalue weighted by atomic mass is 9.86. The van der Waals surface area contributed by atoms with Crippen LogP contribution in [0.25, 0.3) is 0 Å². The van der Waals surface area contributed by atoms with Gasteiger partial charge in [0.05, 0.1) is 55.0 Å². The van der Waals surface area contributed by atoms with E-state index in [2.05, 4.69) is 15.3 Å². The molecule has 3 aliphatic heterocycles. The van der Waals surface area contributed by atoms with Crippen molar-refractivity contribution >= 4 is 40.7 Å². The van der Waals surface area contributed by atoms with E-state index >= 15 is 8.78 Å². The highest BCUT2D eigenvalue weighted by Crippen LogP contribution is 2.43. The smallest absolute Gasteiger partial charge is 0.338 e. The number of nitrogens with zero attached hydrogens (tertiary/aromatic N) is 4. The molecule has 238 valence electrons. The molecule has 1 aromatic heterocycles. The number of amidine groups is 1. The van der Waals surface area contributed by atoms with Gasteiger partial charge in [-0.3, -0.25) is 19.5 Å². The van der Waals surface area contributed by atoms with Crippen LogP contribution < -0.4 is 5.32 Å². The summed E-state index contributed by atoms with van der Waals surface area (Å²) in [7, 11) is 1.10. The number of aliphatic hydroxyl groups is 1. The number of hydroxylamine groups is 2. The first-order valence-corrected chi connectivity index (χ1v) is 14.6. The number of rotatable bonds is 9. The standard InChI is InChI=1S/C27H28ClF4N5O6S/c1-26(2,25(40)41)16(38)9-37-21-15(10-43-37)36(11-27(21,31)32)8-14-17(24(39)42-3)20(12-4-5-13(29)19(30)18(12)28)35-22(34-14)23-33-6-7-44-23/h4-7,15-16,20-21,38H,8-11H2,1-3H3,(H,34,35)(H,40,41)/t15-,16+,20+,21+/m1/s1. The van der Waals surface area contributed by atoms with Gasteiger partial charge >= 0.3 is 11.9 Å². The van der Waals surface area contributed by atoms with Crippen molar-refractivity contribution in [1.82, 2.24) is 20.3 Å². The Balaban J connectivity index is 1.51. The van der Waals surface area contributed by atoms with Crippen molar-refractivity contribution in [3.05, 3.63) is 62.2 Å². The fraction of sp³-hybridized carbons (Fsp3) is 0.481. The van der Waals surface area contributed by atoms with E-state index in [0.29, 0.717) is 5.01 Å². The highest BCUT2D eigenvalue weighted by Gasteiger charge is 2.61. The van der Waals surface area contributed by atoms with Gasteiger partial charge in [-0.1, -0.05) is 17.7 Å². The fourth-order valence-electron chi connectivity index (χ4n) is 5.39. The number of benzene rings is 1. The van der Waals surface area contributed by atoms with Crippen LogP contribution in [0.2, 0.25) is 5.02 Å². The molecule has 3 N–H and O–H groups in total. The summed E-state index contributed by atoms with van der Waals surface area (Å²) in [6.07, 6.45) is -0.0324. The highest BCUT2D eigenvalue weighted by molar-refractivity contribution is 7.11. The number of fused-ring (bicyclic) bond motifs is 1. The zero-order valence-electron chi connectivity index (χ0n) is 23.6. The van der Waals surface area contributed by atoms with Gasteiger partial charge in [-0.25, -0.2) is 27.3 Å². The number of methoxy groups -OCH3 is 1. The molecule has 4 heterocycles. The van der Waals surface area contributed by atoms with Gasteiger partial charge in [0, 0.05) is 29.4 Å². The van der Waals surface area contributed by atoms with Crippen molar-refractivity contribution in [3.8, 4) is 0 Å². The predicted octanol–water partition coefficient (Wildman–Crippen LogP) is 3.00. The maximum absolute atomic E-state index is 15.5. The monoisotopic (exact) mass is 661 g/mol. The average molecular weight is 662 g/mol. The molecule has 0 spiro atoms. The van der Waals surface area contributed by atoms with Gasteiger partial charge in [-0.15, -0.1) is 11.3 Å².